The molecule has 1 heteroatoms. The predicted molar refractivity (Wildman–Crippen MR) is 84.2 cm³/mol. The number of piperidine rings is 1. The third-order valence-corrected chi connectivity index (χ3v) is 4.45. The van der Waals surface area contributed by atoms with E-state index in [1.807, 2.05) is 0 Å². The fourth-order valence-electron chi connectivity index (χ4n) is 2.89. The van der Waals surface area contributed by atoms with Gasteiger partial charge < -0.3 is 0 Å². The van der Waals surface area contributed by atoms with Crippen molar-refractivity contribution >= 4 is 0 Å². The van der Waals surface area contributed by atoms with E-state index in [-0.39, 0.29) is 0 Å². The maximum atomic E-state index is 4.16. The van der Waals surface area contributed by atoms with Crippen LogP contribution in [0.4, 0.5) is 0 Å². The molecule has 19 heavy (non-hydrogen) atoms. The maximum absolute atomic E-state index is 4.16. The van der Waals surface area contributed by atoms with Crippen LogP contribution in [-0.4, -0.2) is 24.0 Å². The highest BCUT2D eigenvalue weighted by atomic mass is 15.3. The Bertz CT molecular complexity index is 392. The Morgan fingerprint density at radius 1 is 1.21 bits per heavy atom. The highest BCUT2D eigenvalue weighted by Gasteiger charge is 2.42. The summed E-state index contributed by atoms with van der Waals surface area (Å²) >= 11 is 0. The average Bonchev–Trinajstić information content (AvgIpc) is 3.02. The average molecular weight is 257 g/mol. The molecule has 2 heterocycles. The summed E-state index contributed by atoms with van der Waals surface area (Å²) in [6.45, 7) is 17.0. The van der Waals surface area contributed by atoms with Gasteiger partial charge in [0.2, 0.25) is 0 Å². The van der Waals surface area contributed by atoms with Crippen molar-refractivity contribution in [1.82, 2.24) is 4.90 Å². The maximum Gasteiger partial charge on any atom is 0.0227 e. The van der Waals surface area contributed by atoms with E-state index >= 15 is 0 Å². The van der Waals surface area contributed by atoms with Crippen molar-refractivity contribution in [1.29, 1.82) is 0 Å². The number of hydrogen-bond acceptors (Lipinski definition) is 1. The Kier molecular flexibility index (Phi) is 4.81. The molecular formula is C18H27N. The zero-order chi connectivity index (χ0) is 13.8. The topological polar surface area (TPSA) is 3.01 Å². The minimum atomic E-state index is 0.940. The monoisotopic (exact) mass is 257 g/mol. The van der Waals surface area contributed by atoms with E-state index < -0.39 is 0 Å². The Balaban J connectivity index is 1.62. The van der Waals surface area contributed by atoms with Crippen molar-refractivity contribution in [3.05, 3.63) is 48.6 Å². The molecule has 0 saturated carbocycles. The van der Waals surface area contributed by atoms with Gasteiger partial charge in [-0.05, 0) is 49.2 Å². The minimum Gasteiger partial charge on any atom is -0.297 e. The largest absolute Gasteiger partial charge is 0.297 e. The van der Waals surface area contributed by atoms with Crippen molar-refractivity contribution in [2.45, 2.75) is 45.1 Å². The number of rotatable bonds is 8. The summed E-state index contributed by atoms with van der Waals surface area (Å²) in [5, 5.41) is 0. The van der Waals surface area contributed by atoms with Gasteiger partial charge in [0.15, 0.2) is 0 Å². The zero-order valence-electron chi connectivity index (χ0n) is 12.3. The molecule has 0 bridgehead atoms. The van der Waals surface area contributed by atoms with Gasteiger partial charge >= 0.3 is 0 Å². The smallest absolute Gasteiger partial charge is 0.0227 e. The number of nitrogens with zero attached hydrogens (tertiary/aromatic N) is 1. The van der Waals surface area contributed by atoms with Crippen LogP contribution in [-0.2, 0) is 0 Å². The van der Waals surface area contributed by atoms with Crippen LogP contribution >= 0.6 is 0 Å². The quantitative estimate of drug-likeness (QED) is 0.457. The molecule has 0 aromatic rings. The standard InChI is InChI=1S/C18H27N/c1-5-14(2)9-10-16(4)15(3)7-6-8-17-11-18-13-19(18)12-17/h9-10,17-18H,2-8,11-13H2,1H3. The van der Waals surface area contributed by atoms with Crippen LogP contribution < -0.4 is 0 Å². The number of fused-ring (bicyclic) bond motifs is 1. The summed E-state index contributed by atoms with van der Waals surface area (Å²) in [5.74, 6) is 0.940. The second-order valence-corrected chi connectivity index (χ2v) is 6.08. The van der Waals surface area contributed by atoms with E-state index in [2.05, 4.69) is 43.7 Å². The molecule has 3 atom stereocenters. The molecule has 0 aromatic carbocycles. The molecule has 0 radical (unpaired) electrons. The lowest BCUT2D eigenvalue weighted by Gasteiger charge is -2.11. The molecule has 2 rings (SSSR count). The molecule has 2 aliphatic rings. The molecular weight excluding hydrogens is 230 g/mol. The minimum absolute atomic E-state index is 0.940. The van der Waals surface area contributed by atoms with Gasteiger partial charge in [-0.2, -0.15) is 0 Å². The Morgan fingerprint density at radius 3 is 2.63 bits per heavy atom. The Labute approximate surface area is 118 Å². The van der Waals surface area contributed by atoms with Gasteiger partial charge in [0.25, 0.3) is 0 Å². The highest BCUT2D eigenvalue weighted by molar-refractivity contribution is 5.37. The summed E-state index contributed by atoms with van der Waals surface area (Å²) in [6, 6.07) is 0.950. The van der Waals surface area contributed by atoms with Crippen molar-refractivity contribution < 1.29 is 0 Å². The van der Waals surface area contributed by atoms with Crippen LogP contribution in [0, 0.1) is 5.92 Å². The first-order valence-electron chi connectivity index (χ1n) is 7.57. The van der Waals surface area contributed by atoms with Crippen LogP contribution in [0.5, 0.6) is 0 Å². The molecule has 2 saturated heterocycles. The van der Waals surface area contributed by atoms with Gasteiger partial charge in [0, 0.05) is 19.1 Å². The first-order valence-corrected chi connectivity index (χ1v) is 7.57. The third kappa shape index (κ3) is 4.21. The van der Waals surface area contributed by atoms with Gasteiger partial charge in [-0.1, -0.05) is 44.4 Å². The first-order chi connectivity index (χ1) is 9.10. The van der Waals surface area contributed by atoms with Crippen molar-refractivity contribution in [3.63, 3.8) is 0 Å². The van der Waals surface area contributed by atoms with Gasteiger partial charge in [0.1, 0.15) is 0 Å². The molecule has 104 valence electrons. The molecule has 2 aliphatic heterocycles. The normalized spacial score (nSPS) is 28.4. The molecule has 0 aliphatic carbocycles. The fourth-order valence-corrected chi connectivity index (χ4v) is 2.89. The molecule has 0 amide bonds. The number of hydrogen-bond donors (Lipinski definition) is 0. The van der Waals surface area contributed by atoms with E-state index in [0.717, 1.165) is 35.9 Å². The summed E-state index contributed by atoms with van der Waals surface area (Å²) in [7, 11) is 0. The summed E-state index contributed by atoms with van der Waals surface area (Å²) in [4.78, 5) is 2.59. The van der Waals surface area contributed by atoms with Gasteiger partial charge in [0.05, 0.1) is 0 Å². The zero-order valence-corrected chi connectivity index (χ0v) is 12.3. The Morgan fingerprint density at radius 2 is 2.00 bits per heavy atom. The number of allylic oxidation sites excluding steroid dienone is 5. The second kappa shape index (κ2) is 6.38. The summed E-state index contributed by atoms with van der Waals surface area (Å²) in [5.41, 5.74) is 3.39. The molecule has 3 unspecified atom stereocenters. The van der Waals surface area contributed by atoms with Gasteiger partial charge in [-0.25, -0.2) is 0 Å². The molecule has 0 N–H and O–H groups in total. The lowest BCUT2D eigenvalue weighted by atomic mass is 9.95. The van der Waals surface area contributed by atoms with Crippen molar-refractivity contribution in [3.8, 4) is 0 Å². The summed E-state index contributed by atoms with van der Waals surface area (Å²) in [6.07, 6.45) is 10.2. The lowest BCUT2D eigenvalue weighted by molar-refractivity contribution is 0.441. The van der Waals surface area contributed by atoms with Crippen LogP contribution in [0.3, 0.4) is 0 Å². The lowest BCUT2D eigenvalue weighted by Crippen LogP contribution is -2.07. The Hall–Kier alpha value is -1.08. The van der Waals surface area contributed by atoms with E-state index in [4.69, 9.17) is 0 Å². The molecule has 0 spiro atoms. The van der Waals surface area contributed by atoms with Crippen LogP contribution in [0.25, 0.3) is 0 Å². The van der Waals surface area contributed by atoms with Gasteiger partial charge in [-0.3, -0.25) is 4.90 Å². The first kappa shape index (κ1) is 14.3. The van der Waals surface area contributed by atoms with E-state index in [0.29, 0.717) is 0 Å². The molecule has 2 fully saturated rings. The van der Waals surface area contributed by atoms with E-state index in [9.17, 15) is 0 Å². The second-order valence-electron chi connectivity index (χ2n) is 6.08. The summed E-state index contributed by atoms with van der Waals surface area (Å²) < 4.78 is 0. The van der Waals surface area contributed by atoms with Crippen molar-refractivity contribution in [2.75, 3.05) is 13.1 Å². The predicted octanol–water partition coefficient (Wildman–Crippen LogP) is 4.50. The molecule has 1 nitrogen and oxygen atoms in total. The van der Waals surface area contributed by atoms with Crippen LogP contribution in [0.2, 0.25) is 0 Å². The fraction of sp³-hybridized carbons (Fsp3) is 0.556. The van der Waals surface area contributed by atoms with Crippen molar-refractivity contribution in [2.24, 2.45) is 5.92 Å². The van der Waals surface area contributed by atoms with E-state index in [1.54, 1.807) is 0 Å². The third-order valence-electron chi connectivity index (χ3n) is 4.45. The van der Waals surface area contributed by atoms with Gasteiger partial charge in [-0.15, -0.1) is 0 Å². The van der Waals surface area contributed by atoms with Crippen LogP contribution in [0.15, 0.2) is 48.6 Å². The SMILES string of the molecule is C=C(C=CC(=C)C(=C)CCCC1CC2CN2C1)CC. The van der Waals surface area contributed by atoms with Crippen LogP contribution in [0.1, 0.15) is 39.0 Å². The highest BCUT2D eigenvalue weighted by Crippen LogP contribution is 2.36. The molecule has 0 aromatic heterocycles. The van der Waals surface area contributed by atoms with E-state index in [1.165, 1.54) is 37.9 Å².